The highest BCUT2D eigenvalue weighted by Gasteiger charge is 2.51. The zero-order chi connectivity index (χ0) is 24.6. The molecule has 0 bridgehead atoms. The second kappa shape index (κ2) is 9.65. The number of aromatic nitrogens is 2. The maximum absolute atomic E-state index is 14.5. The Hall–Kier alpha value is -2.47. The summed E-state index contributed by atoms with van der Waals surface area (Å²) in [6.45, 7) is -0.233. The summed E-state index contributed by atoms with van der Waals surface area (Å²) < 4.78 is 70.0. The summed E-state index contributed by atoms with van der Waals surface area (Å²) in [6.07, 6.45) is -0.241. The SMILES string of the molecule is Nc1ncnc(N2CC[C@H](C(F)(F)F)[C@@H](N3CCC[C@@H](NC4C=C(F)C=C(Cl)C4)C3=O)C2)c1F. The Morgan fingerprint density at radius 1 is 1.18 bits per heavy atom. The highest BCUT2D eigenvalue weighted by atomic mass is 35.5. The lowest BCUT2D eigenvalue weighted by Crippen LogP contribution is -2.63. The van der Waals surface area contributed by atoms with Crippen molar-refractivity contribution in [3.8, 4) is 0 Å². The molecule has 3 heterocycles. The second-order valence-corrected chi connectivity index (χ2v) is 9.18. The predicted octanol–water partition coefficient (Wildman–Crippen LogP) is 3.28. The summed E-state index contributed by atoms with van der Waals surface area (Å²) in [5, 5.41) is 3.31. The van der Waals surface area contributed by atoms with Crippen LogP contribution in [0.4, 0.5) is 33.6 Å². The third-order valence-corrected chi connectivity index (χ3v) is 6.72. The van der Waals surface area contributed by atoms with Gasteiger partial charge in [0.1, 0.15) is 12.2 Å². The molecule has 1 unspecified atom stereocenters. The van der Waals surface area contributed by atoms with Gasteiger partial charge in [0, 0.05) is 37.1 Å². The van der Waals surface area contributed by atoms with E-state index < -0.39 is 53.6 Å². The van der Waals surface area contributed by atoms with Gasteiger partial charge in [-0.1, -0.05) is 11.6 Å². The minimum absolute atomic E-state index is 0.102. The number of piperidine rings is 2. The van der Waals surface area contributed by atoms with Crippen molar-refractivity contribution in [1.82, 2.24) is 20.2 Å². The molecule has 34 heavy (non-hydrogen) atoms. The Morgan fingerprint density at radius 2 is 1.94 bits per heavy atom. The molecular weight excluding hydrogens is 483 g/mol. The predicted molar refractivity (Wildman–Crippen MR) is 116 cm³/mol. The molecule has 4 rings (SSSR count). The first-order chi connectivity index (χ1) is 16.0. The number of hydrogen-bond acceptors (Lipinski definition) is 6. The number of nitrogen functional groups attached to an aromatic ring is 1. The number of carbonyl (C=O) groups is 1. The van der Waals surface area contributed by atoms with Gasteiger partial charge in [-0.3, -0.25) is 10.1 Å². The van der Waals surface area contributed by atoms with Crippen LogP contribution in [-0.2, 0) is 4.79 Å². The fourth-order valence-electron chi connectivity index (χ4n) is 4.88. The van der Waals surface area contributed by atoms with Gasteiger partial charge in [0.2, 0.25) is 11.7 Å². The van der Waals surface area contributed by atoms with Gasteiger partial charge in [-0.05, 0) is 31.4 Å². The molecule has 1 amide bonds. The molecule has 1 aliphatic carbocycles. The number of anilines is 2. The van der Waals surface area contributed by atoms with Gasteiger partial charge < -0.3 is 15.5 Å². The van der Waals surface area contributed by atoms with Gasteiger partial charge in [0.15, 0.2) is 11.6 Å². The molecule has 4 atom stereocenters. The number of nitrogens with zero attached hydrogens (tertiary/aromatic N) is 4. The molecule has 0 radical (unpaired) electrons. The number of rotatable bonds is 4. The Bertz CT molecular complexity index is 1000. The zero-order valence-corrected chi connectivity index (χ0v) is 18.8. The molecule has 0 aromatic carbocycles. The van der Waals surface area contributed by atoms with E-state index >= 15 is 0 Å². The van der Waals surface area contributed by atoms with E-state index in [1.54, 1.807) is 0 Å². The van der Waals surface area contributed by atoms with Crippen molar-refractivity contribution in [3.05, 3.63) is 35.2 Å². The fraction of sp³-hybridized carbons (Fsp3) is 0.571. The average Bonchev–Trinajstić information content (AvgIpc) is 2.75. The third kappa shape index (κ3) is 5.12. The van der Waals surface area contributed by atoms with Crippen molar-refractivity contribution >= 4 is 29.1 Å². The number of halogens is 6. The summed E-state index contributed by atoms with van der Waals surface area (Å²) in [5.41, 5.74) is 5.50. The summed E-state index contributed by atoms with van der Waals surface area (Å²) in [6, 6.07) is -2.59. The van der Waals surface area contributed by atoms with Gasteiger partial charge in [0.05, 0.1) is 18.0 Å². The standard InChI is InChI=1S/C21H24ClF5N6O/c22-11-6-12(23)8-13(7-11)31-15-2-1-4-33(20(15)34)16-9-32(5-3-14(16)21(25,26)27)19-17(24)18(28)29-10-30-19/h6,8,10,13-16,31H,1-5,7,9H2,(H2,28,29,30)/t13?,14-,15+,16-/m0/s1. The van der Waals surface area contributed by atoms with E-state index in [-0.39, 0.29) is 43.3 Å². The Kier molecular flexibility index (Phi) is 6.99. The number of nitrogens with one attached hydrogen (secondary N) is 1. The lowest BCUT2D eigenvalue weighted by Gasteiger charge is -2.47. The summed E-state index contributed by atoms with van der Waals surface area (Å²) >= 11 is 5.94. The number of nitrogens with two attached hydrogens (primary N) is 1. The van der Waals surface area contributed by atoms with E-state index in [1.165, 1.54) is 22.0 Å². The van der Waals surface area contributed by atoms with E-state index in [0.29, 0.717) is 12.8 Å². The molecule has 1 aromatic rings. The third-order valence-electron chi connectivity index (χ3n) is 6.46. The summed E-state index contributed by atoms with van der Waals surface area (Å²) in [7, 11) is 0. The van der Waals surface area contributed by atoms with Crippen LogP contribution in [0.2, 0.25) is 0 Å². The van der Waals surface area contributed by atoms with Crippen molar-refractivity contribution < 1.29 is 26.7 Å². The largest absolute Gasteiger partial charge is 0.393 e. The minimum Gasteiger partial charge on any atom is -0.381 e. The van der Waals surface area contributed by atoms with Crippen LogP contribution < -0.4 is 16.0 Å². The van der Waals surface area contributed by atoms with Crippen molar-refractivity contribution in [2.75, 3.05) is 30.3 Å². The smallest absolute Gasteiger partial charge is 0.381 e. The first-order valence-corrected chi connectivity index (χ1v) is 11.3. The first-order valence-electron chi connectivity index (χ1n) is 10.9. The van der Waals surface area contributed by atoms with Crippen LogP contribution in [0.3, 0.4) is 0 Å². The second-order valence-electron chi connectivity index (χ2n) is 8.69. The summed E-state index contributed by atoms with van der Waals surface area (Å²) in [4.78, 5) is 23.3. The van der Waals surface area contributed by atoms with Gasteiger partial charge in [0.25, 0.3) is 0 Å². The van der Waals surface area contributed by atoms with Gasteiger partial charge in [-0.2, -0.15) is 17.6 Å². The molecule has 186 valence electrons. The zero-order valence-electron chi connectivity index (χ0n) is 18.0. The maximum Gasteiger partial charge on any atom is 0.393 e. The number of hydrogen-bond donors (Lipinski definition) is 2. The van der Waals surface area contributed by atoms with Crippen LogP contribution in [0.5, 0.6) is 0 Å². The van der Waals surface area contributed by atoms with Gasteiger partial charge in [-0.15, -0.1) is 0 Å². The van der Waals surface area contributed by atoms with Crippen LogP contribution >= 0.6 is 11.6 Å². The number of likely N-dealkylation sites (tertiary alicyclic amines) is 1. The van der Waals surface area contributed by atoms with Crippen molar-refractivity contribution in [2.24, 2.45) is 5.92 Å². The Morgan fingerprint density at radius 3 is 2.65 bits per heavy atom. The maximum atomic E-state index is 14.5. The van der Waals surface area contributed by atoms with Crippen LogP contribution in [0, 0.1) is 11.7 Å². The Balaban J connectivity index is 1.56. The highest BCUT2D eigenvalue weighted by Crippen LogP contribution is 2.39. The number of amides is 1. The first kappa shape index (κ1) is 24.6. The number of alkyl halides is 3. The summed E-state index contributed by atoms with van der Waals surface area (Å²) in [5.74, 6) is -4.33. The molecule has 7 nitrogen and oxygen atoms in total. The lowest BCUT2D eigenvalue weighted by molar-refractivity contribution is -0.198. The number of allylic oxidation sites excluding steroid dienone is 2. The van der Waals surface area contributed by atoms with E-state index in [4.69, 9.17) is 17.3 Å². The minimum atomic E-state index is -4.55. The van der Waals surface area contributed by atoms with Crippen molar-refractivity contribution in [1.29, 1.82) is 0 Å². The van der Waals surface area contributed by atoms with Gasteiger partial charge in [-0.25, -0.2) is 14.4 Å². The highest BCUT2D eigenvalue weighted by molar-refractivity contribution is 6.29. The van der Waals surface area contributed by atoms with Crippen LogP contribution in [0.25, 0.3) is 0 Å². The lowest BCUT2D eigenvalue weighted by atomic mass is 9.87. The van der Waals surface area contributed by atoms with Crippen LogP contribution in [-0.4, -0.2) is 64.7 Å². The molecule has 2 saturated heterocycles. The van der Waals surface area contributed by atoms with Crippen molar-refractivity contribution in [3.63, 3.8) is 0 Å². The normalized spacial score (nSPS) is 28.6. The van der Waals surface area contributed by atoms with E-state index in [1.807, 2.05) is 0 Å². The molecule has 0 spiro atoms. The molecule has 1 aromatic heterocycles. The molecule has 2 fully saturated rings. The van der Waals surface area contributed by atoms with Gasteiger partial charge >= 0.3 is 6.18 Å². The number of carbonyl (C=O) groups excluding carboxylic acids is 1. The van der Waals surface area contributed by atoms with E-state index in [2.05, 4.69) is 15.3 Å². The molecule has 13 heteroatoms. The van der Waals surface area contributed by atoms with Crippen LogP contribution in [0.15, 0.2) is 29.3 Å². The van der Waals surface area contributed by atoms with E-state index in [9.17, 15) is 26.7 Å². The molecule has 3 N–H and O–H groups in total. The van der Waals surface area contributed by atoms with E-state index in [0.717, 1.165) is 6.33 Å². The fourth-order valence-corrected chi connectivity index (χ4v) is 5.15. The Labute approximate surface area is 197 Å². The molecule has 2 aliphatic heterocycles. The van der Waals surface area contributed by atoms with Crippen molar-refractivity contribution in [2.45, 2.75) is 50.0 Å². The topological polar surface area (TPSA) is 87.4 Å². The molecule has 3 aliphatic rings. The average molecular weight is 507 g/mol. The molecule has 0 saturated carbocycles. The quantitative estimate of drug-likeness (QED) is 0.610. The molecular formula is C21H24ClF5N6O. The van der Waals surface area contributed by atoms with Crippen LogP contribution in [0.1, 0.15) is 25.7 Å². The monoisotopic (exact) mass is 506 g/mol.